The number of benzene rings is 2. The summed E-state index contributed by atoms with van der Waals surface area (Å²) < 4.78 is 14.0. The van der Waals surface area contributed by atoms with Crippen LogP contribution >= 0.6 is 11.3 Å². The molecule has 0 bridgehead atoms. The van der Waals surface area contributed by atoms with Crippen LogP contribution in [0.25, 0.3) is 22.7 Å². The first-order valence-electron chi connectivity index (χ1n) is 10.4. The number of rotatable bonds is 7. The molecule has 3 aromatic rings. The average molecular weight is 422 g/mol. The zero-order valence-corrected chi connectivity index (χ0v) is 17.6. The molecule has 3 nitrogen and oxygen atoms in total. The summed E-state index contributed by atoms with van der Waals surface area (Å²) in [7, 11) is 0. The monoisotopic (exact) mass is 421 g/mol. The quantitative estimate of drug-likeness (QED) is 0.449. The molecule has 1 aromatic heterocycles. The first kappa shape index (κ1) is 20.5. The highest BCUT2D eigenvalue weighted by atomic mass is 32.1. The van der Waals surface area contributed by atoms with Crippen molar-refractivity contribution in [2.75, 3.05) is 0 Å². The summed E-state index contributed by atoms with van der Waals surface area (Å²) in [5.74, 6) is -1.02. The van der Waals surface area contributed by atoms with Gasteiger partial charge in [0.1, 0.15) is 10.8 Å². The predicted octanol–water partition coefficient (Wildman–Crippen LogP) is 6.41. The van der Waals surface area contributed by atoms with E-state index in [1.807, 2.05) is 42.5 Å². The van der Waals surface area contributed by atoms with Crippen molar-refractivity contribution < 1.29 is 14.3 Å². The van der Waals surface area contributed by atoms with Gasteiger partial charge in [-0.3, -0.25) is 4.79 Å². The van der Waals surface area contributed by atoms with E-state index in [1.54, 1.807) is 17.4 Å². The van der Waals surface area contributed by atoms with Gasteiger partial charge in [-0.1, -0.05) is 36.4 Å². The van der Waals surface area contributed by atoms with Crippen molar-refractivity contribution in [3.63, 3.8) is 0 Å². The minimum atomic E-state index is -0.762. The van der Waals surface area contributed by atoms with E-state index >= 15 is 0 Å². The molecule has 0 atom stereocenters. The first-order valence-corrected chi connectivity index (χ1v) is 11.2. The zero-order valence-electron chi connectivity index (χ0n) is 16.7. The lowest BCUT2D eigenvalue weighted by atomic mass is 10.0. The van der Waals surface area contributed by atoms with E-state index in [1.165, 1.54) is 29.5 Å². The molecule has 154 valence electrons. The maximum atomic E-state index is 14.0. The molecule has 1 heterocycles. The van der Waals surface area contributed by atoms with E-state index in [-0.39, 0.29) is 12.2 Å². The molecule has 0 fully saturated rings. The molecule has 1 N–H and O–H groups in total. The second-order valence-corrected chi connectivity index (χ2v) is 8.73. The van der Waals surface area contributed by atoms with Gasteiger partial charge in [0.15, 0.2) is 0 Å². The molecular formula is C25H24FNO2S. The Balaban J connectivity index is 1.53. The SMILES string of the molecule is O=C(O)CCCc1ccc(/C=C/c2cc(F)ccc2-c2nc3c(s2)CCCC3)cc1. The Bertz CT molecular complexity index is 1050. The first-order chi connectivity index (χ1) is 14.6. The largest absolute Gasteiger partial charge is 0.481 e. The number of halogens is 1. The molecule has 1 aliphatic carbocycles. The van der Waals surface area contributed by atoms with Crippen molar-refractivity contribution in [1.29, 1.82) is 0 Å². The molecule has 0 radical (unpaired) electrons. The molecule has 0 spiro atoms. The van der Waals surface area contributed by atoms with E-state index in [0.717, 1.165) is 46.5 Å². The summed E-state index contributed by atoms with van der Waals surface area (Å²) in [4.78, 5) is 16.8. The van der Waals surface area contributed by atoms with E-state index in [0.29, 0.717) is 6.42 Å². The smallest absolute Gasteiger partial charge is 0.303 e. The number of hydrogen-bond acceptors (Lipinski definition) is 3. The van der Waals surface area contributed by atoms with Crippen LogP contribution in [0.1, 0.15) is 52.9 Å². The van der Waals surface area contributed by atoms with E-state index in [9.17, 15) is 9.18 Å². The lowest BCUT2D eigenvalue weighted by Gasteiger charge is -2.06. The van der Waals surface area contributed by atoms with Gasteiger partial charge in [0, 0.05) is 16.9 Å². The molecule has 0 saturated heterocycles. The normalized spacial score (nSPS) is 13.5. The molecule has 0 amide bonds. The Morgan fingerprint density at radius 1 is 1.10 bits per heavy atom. The van der Waals surface area contributed by atoms with Crippen LogP contribution in [-0.4, -0.2) is 16.1 Å². The number of fused-ring (bicyclic) bond motifs is 1. The second-order valence-electron chi connectivity index (χ2n) is 7.65. The Morgan fingerprint density at radius 2 is 1.90 bits per heavy atom. The van der Waals surface area contributed by atoms with Gasteiger partial charge in [-0.05, 0) is 73.4 Å². The van der Waals surface area contributed by atoms with Crippen LogP contribution in [0.2, 0.25) is 0 Å². The fourth-order valence-corrected chi connectivity index (χ4v) is 4.96. The van der Waals surface area contributed by atoms with Crippen molar-refractivity contribution in [3.05, 3.63) is 75.5 Å². The molecule has 30 heavy (non-hydrogen) atoms. The van der Waals surface area contributed by atoms with Gasteiger partial charge in [-0.25, -0.2) is 9.37 Å². The number of aromatic nitrogens is 1. The number of thiazole rings is 1. The fourth-order valence-electron chi connectivity index (χ4n) is 3.76. The van der Waals surface area contributed by atoms with Crippen LogP contribution in [0.4, 0.5) is 4.39 Å². The summed E-state index contributed by atoms with van der Waals surface area (Å²) in [5.41, 5.74) is 5.14. The Kier molecular flexibility index (Phi) is 6.38. The van der Waals surface area contributed by atoms with Crippen molar-refractivity contribution >= 4 is 29.5 Å². The van der Waals surface area contributed by atoms with Crippen molar-refractivity contribution in [2.24, 2.45) is 0 Å². The molecular weight excluding hydrogens is 397 g/mol. The topological polar surface area (TPSA) is 50.2 Å². The van der Waals surface area contributed by atoms with Crippen LogP contribution < -0.4 is 0 Å². The Morgan fingerprint density at radius 3 is 2.67 bits per heavy atom. The van der Waals surface area contributed by atoms with Gasteiger partial charge in [0.2, 0.25) is 0 Å². The molecule has 0 unspecified atom stereocenters. The lowest BCUT2D eigenvalue weighted by molar-refractivity contribution is -0.137. The van der Waals surface area contributed by atoms with Crippen LogP contribution in [0.3, 0.4) is 0 Å². The summed E-state index contributed by atoms with van der Waals surface area (Å²) in [5, 5.41) is 9.71. The Labute approximate surface area is 179 Å². The third-order valence-electron chi connectivity index (χ3n) is 5.38. The molecule has 0 aliphatic heterocycles. The highest BCUT2D eigenvalue weighted by Crippen LogP contribution is 2.35. The van der Waals surface area contributed by atoms with Gasteiger partial charge < -0.3 is 5.11 Å². The fraction of sp³-hybridized carbons (Fsp3) is 0.280. The highest BCUT2D eigenvalue weighted by molar-refractivity contribution is 7.15. The number of aliphatic carboxylic acids is 1. The predicted molar refractivity (Wildman–Crippen MR) is 120 cm³/mol. The number of carboxylic acids is 1. The minimum Gasteiger partial charge on any atom is -0.481 e. The van der Waals surface area contributed by atoms with Crippen molar-refractivity contribution in [3.8, 4) is 10.6 Å². The van der Waals surface area contributed by atoms with Gasteiger partial charge >= 0.3 is 5.97 Å². The second kappa shape index (κ2) is 9.35. The molecule has 5 heteroatoms. The molecule has 4 rings (SSSR count). The molecule has 0 saturated carbocycles. The lowest BCUT2D eigenvalue weighted by Crippen LogP contribution is -1.98. The van der Waals surface area contributed by atoms with Crippen LogP contribution in [0, 0.1) is 5.82 Å². The highest BCUT2D eigenvalue weighted by Gasteiger charge is 2.17. The summed E-state index contributed by atoms with van der Waals surface area (Å²) in [6.45, 7) is 0. The number of aryl methyl sites for hydroxylation is 3. The maximum Gasteiger partial charge on any atom is 0.303 e. The van der Waals surface area contributed by atoms with Gasteiger partial charge in [0.05, 0.1) is 5.69 Å². The van der Waals surface area contributed by atoms with Crippen LogP contribution in [0.5, 0.6) is 0 Å². The third kappa shape index (κ3) is 5.03. The maximum absolute atomic E-state index is 14.0. The number of hydrogen-bond donors (Lipinski definition) is 1. The third-order valence-corrected chi connectivity index (χ3v) is 6.57. The van der Waals surface area contributed by atoms with E-state index in [2.05, 4.69) is 0 Å². The van der Waals surface area contributed by atoms with Crippen LogP contribution in [-0.2, 0) is 24.1 Å². The van der Waals surface area contributed by atoms with E-state index < -0.39 is 5.97 Å². The zero-order chi connectivity index (χ0) is 20.9. The summed E-state index contributed by atoms with van der Waals surface area (Å²) >= 11 is 1.73. The molecule has 2 aromatic carbocycles. The summed E-state index contributed by atoms with van der Waals surface area (Å²) in [6.07, 6.45) is 10.0. The standard InChI is InChI=1S/C25H24FNO2S/c26-20-14-15-21(25-27-22-5-1-2-6-23(22)30-25)19(16-20)13-12-18-10-8-17(9-11-18)4-3-7-24(28)29/h8-16H,1-7H2,(H,28,29)/b13-12+. The van der Waals surface area contributed by atoms with Gasteiger partial charge in [0.25, 0.3) is 0 Å². The Hall–Kier alpha value is -2.79. The average Bonchev–Trinajstić information content (AvgIpc) is 3.17. The number of carbonyl (C=O) groups is 1. The summed E-state index contributed by atoms with van der Waals surface area (Å²) in [6, 6.07) is 12.9. The van der Waals surface area contributed by atoms with Crippen molar-refractivity contribution in [2.45, 2.75) is 44.9 Å². The van der Waals surface area contributed by atoms with Crippen molar-refractivity contribution in [1.82, 2.24) is 4.98 Å². The van der Waals surface area contributed by atoms with Crippen LogP contribution in [0.15, 0.2) is 42.5 Å². The number of carboxylic acid groups (broad SMARTS) is 1. The number of nitrogens with zero attached hydrogens (tertiary/aromatic N) is 1. The van der Waals surface area contributed by atoms with Gasteiger partial charge in [-0.2, -0.15) is 0 Å². The minimum absolute atomic E-state index is 0.185. The van der Waals surface area contributed by atoms with E-state index in [4.69, 9.17) is 10.1 Å². The molecule has 1 aliphatic rings. The van der Waals surface area contributed by atoms with Gasteiger partial charge in [-0.15, -0.1) is 11.3 Å².